The molecule has 0 bridgehead atoms. The number of hydrogen-bond donors (Lipinski definition) is 1. The summed E-state index contributed by atoms with van der Waals surface area (Å²) in [7, 11) is 0. The fourth-order valence-electron chi connectivity index (χ4n) is 1.88. The zero-order valence-electron chi connectivity index (χ0n) is 9.66. The number of phenols is 1. The Hall–Kier alpha value is -1.70. The predicted octanol–water partition coefficient (Wildman–Crippen LogP) is 3.51. The molecule has 0 aliphatic carbocycles. The number of rotatable bonds is 3. The number of benzene rings is 2. The second-order valence-electron chi connectivity index (χ2n) is 3.74. The molecular formula is C14H16O2. The highest BCUT2D eigenvalue weighted by molar-refractivity contribution is 5.90. The van der Waals surface area contributed by atoms with Crippen LogP contribution in [0.4, 0.5) is 0 Å². The second kappa shape index (κ2) is 4.44. The summed E-state index contributed by atoms with van der Waals surface area (Å²) in [6, 6.07) is 9.75. The van der Waals surface area contributed by atoms with Crippen molar-refractivity contribution in [2.75, 3.05) is 6.61 Å². The Bertz CT molecular complexity index is 503. The molecule has 2 aromatic carbocycles. The van der Waals surface area contributed by atoms with Crippen LogP contribution in [-0.4, -0.2) is 11.7 Å². The van der Waals surface area contributed by atoms with E-state index in [1.165, 1.54) is 0 Å². The first-order chi connectivity index (χ1) is 7.76. The molecule has 84 valence electrons. The highest BCUT2D eigenvalue weighted by Gasteiger charge is 2.05. The summed E-state index contributed by atoms with van der Waals surface area (Å²) < 4.78 is 5.43. The summed E-state index contributed by atoms with van der Waals surface area (Å²) in [5.41, 5.74) is 0.983. The number of aryl methyl sites for hydroxylation is 1. The van der Waals surface area contributed by atoms with Gasteiger partial charge in [-0.2, -0.15) is 0 Å². The molecule has 0 unspecified atom stereocenters. The van der Waals surface area contributed by atoms with Crippen LogP contribution in [-0.2, 0) is 6.42 Å². The van der Waals surface area contributed by atoms with E-state index in [4.69, 9.17) is 4.74 Å². The van der Waals surface area contributed by atoms with Crippen molar-refractivity contribution in [3.8, 4) is 11.5 Å². The minimum Gasteiger partial charge on any atom is -0.507 e. The smallest absolute Gasteiger partial charge is 0.126 e. The third-order valence-corrected chi connectivity index (χ3v) is 2.74. The molecule has 0 aliphatic rings. The number of ether oxygens (including phenoxy) is 1. The molecule has 2 nitrogen and oxygen atoms in total. The normalized spacial score (nSPS) is 10.6. The van der Waals surface area contributed by atoms with E-state index in [1.54, 1.807) is 0 Å². The van der Waals surface area contributed by atoms with Gasteiger partial charge in [0.05, 0.1) is 6.61 Å². The van der Waals surface area contributed by atoms with Crippen molar-refractivity contribution in [2.24, 2.45) is 0 Å². The van der Waals surface area contributed by atoms with E-state index in [2.05, 4.69) is 0 Å². The van der Waals surface area contributed by atoms with Gasteiger partial charge in [0.1, 0.15) is 11.5 Å². The summed E-state index contributed by atoms with van der Waals surface area (Å²) in [6.45, 7) is 4.65. The van der Waals surface area contributed by atoms with Crippen molar-refractivity contribution in [3.63, 3.8) is 0 Å². The molecule has 2 heteroatoms. The number of aromatic hydroxyl groups is 1. The number of hydrogen-bond acceptors (Lipinski definition) is 2. The monoisotopic (exact) mass is 216 g/mol. The summed E-state index contributed by atoms with van der Waals surface area (Å²) in [6.07, 6.45) is 0.842. The van der Waals surface area contributed by atoms with Crippen LogP contribution in [0, 0.1) is 0 Å². The Morgan fingerprint density at radius 3 is 2.62 bits per heavy atom. The molecule has 0 aromatic heterocycles. The van der Waals surface area contributed by atoms with Crippen LogP contribution < -0.4 is 4.74 Å². The van der Waals surface area contributed by atoms with E-state index in [0.29, 0.717) is 12.4 Å². The Kier molecular flexibility index (Phi) is 3.00. The van der Waals surface area contributed by atoms with Gasteiger partial charge in [0.2, 0.25) is 0 Å². The highest BCUT2D eigenvalue weighted by Crippen LogP contribution is 2.31. The second-order valence-corrected chi connectivity index (χ2v) is 3.74. The Morgan fingerprint density at radius 1 is 1.12 bits per heavy atom. The minimum atomic E-state index is 0.392. The van der Waals surface area contributed by atoms with Gasteiger partial charge in [0, 0.05) is 5.39 Å². The molecule has 0 fully saturated rings. The van der Waals surface area contributed by atoms with E-state index in [0.717, 1.165) is 28.5 Å². The average Bonchev–Trinajstić information content (AvgIpc) is 2.30. The van der Waals surface area contributed by atoms with Crippen LogP contribution in [0.5, 0.6) is 11.5 Å². The minimum absolute atomic E-state index is 0.392. The Morgan fingerprint density at radius 2 is 1.94 bits per heavy atom. The van der Waals surface area contributed by atoms with E-state index in [1.807, 2.05) is 44.2 Å². The molecule has 0 heterocycles. The molecule has 0 radical (unpaired) electrons. The summed E-state index contributed by atoms with van der Waals surface area (Å²) >= 11 is 0. The maximum absolute atomic E-state index is 10.0. The Labute approximate surface area is 95.5 Å². The molecule has 0 spiro atoms. The van der Waals surface area contributed by atoms with Crippen LogP contribution in [0.15, 0.2) is 30.3 Å². The van der Waals surface area contributed by atoms with Crippen molar-refractivity contribution in [3.05, 3.63) is 35.9 Å². The predicted molar refractivity (Wildman–Crippen MR) is 66.2 cm³/mol. The summed E-state index contributed by atoms with van der Waals surface area (Å²) in [5.74, 6) is 1.24. The van der Waals surface area contributed by atoms with Crippen molar-refractivity contribution < 1.29 is 9.84 Å². The highest BCUT2D eigenvalue weighted by atomic mass is 16.5. The molecule has 1 N–H and O–H groups in total. The molecular weight excluding hydrogens is 200 g/mol. The van der Waals surface area contributed by atoms with Crippen LogP contribution in [0.25, 0.3) is 10.8 Å². The van der Waals surface area contributed by atoms with E-state index in [9.17, 15) is 5.11 Å². The Balaban J connectivity index is 2.56. The van der Waals surface area contributed by atoms with Crippen LogP contribution in [0.2, 0.25) is 0 Å². The van der Waals surface area contributed by atoms with E-state index in [-0.39, 0.29) is 0 Å². The van der Waals surface area contributed by atoms with Crippen LogP contribution in [0.1, 0.15) is 19.4 Å². The standard InChI is InChI=1S/C14H16O2/c1-3-10-5-6-11-9-12(16-4-2)7-8-13(11)14(10)15/h5-9,15H,3-4H2,1-2H3. The van der Waals surface area contributed by atoms with Gasteiger partial charge < -0.3 is 9.84 Å². The molecule has 0 atom stereocenters. The average molecular weight is 216 g/mol. The van der Waals surface area contributed by atoms with Gasteiger partial charge in [-0.15, -0.1) is 0 Å². The first-order valence-electron chi connectivity index (χ1n) is 5.63. The van der Waals surface area contributed by atoms with Gasteiger partial charge in [-0.05, 0) is 42.5 Å². The topological polar surface area (TPSA) is 29.5 Å². The number of phenolic OH excluding ortho intramolecular Hbond substituents is 1. The van der Waals surface area contributed by atoms with E-state index >= 15 is 0 Å². The van der Waals surface area contributed by atoms with Gasteiger partial charge >= 0.3 is 0 Å². The maximum Gasteiger partial charge on any atom is 0.126 e. The van der Waals surface area contributed by atoms with Gasteiger partial charge in [0.15, 0.2) is 0 Å². The lowest BCUT2D eigenvalue weighted by molar-refractivity contribution is 0.340. The maximum atomic E-state index is 10.0. The third kappa shape index (κ3) is 1.83. The van der Waals surface area contributed by atoms with Crippen molar-refractivity contribution in [1.82, 2.24) is 0 Å². The first kappa shape index (κ1) is 10.8. The van der Waals surface area contributed by atoms with Crippen molar-refractivity contribution in [1.29, 1.82) is 0 Å². The molecule has 2 rings (SSSR count). The lowest BCUT2D eigenvalue weighted by Crippen LogP contribution is -1.91. The zero-order chi connectivity index (χ0) is 11.5. The van der Waals surface area contributed by atoms with Gasteiger partial charge in [-0.1, -0.05) is 19.1 Å². The molecule has 0 aliphatic heterocycles. The van der Waals surface area contributed by atoms with Crippen molar-refractivity contribution in [2.45, 2.75) is 20.3 Å². The fourth-order valence-corrected chi connectivity index (χ4v) is 1.88. The molecule has 0 saturated carbocycles. The van der Waals surface area contributed by atoms with Crippen molar-refractivity contribution >= 4 is 10.8 Å². The number of fused-ring (bicyclic) bond motifs is 1. The van der Waals surface area contributed by atoms with Gasteiger partial charge in [-0.25, -0.2) is 0 Å². The molecule has 16 heavy (non-hydrogen) atoms. The van der Waals surface area contributed by atoms with Crippen LogP contribution in [0.3, 0.4) is 0 Å². The molecule has 2 aromatic rings. The summed E-state index contributed by atoms with van der Waals surface area (Å²) in [4.78, 5) is 0. The first-order valence-corrected chi connectivity index (χ1v) is 5.63. The van der Waals surface area contributed by atoms with E-state index < -0.39 is 0 Å². The molecule has 0 amide bonds. The lowest BCUT2D eigenvalue weighted by atomic mass is 10.0. The summed E-state index contributed by atoms with van der Waals surface area (Å²) in [5, 5.41) is 11.9. The van der Waals surface area contributed by atoms with Crippen LogP contribution >= 0.6 is 0 Å². The quantitative estimate of drug-likeness (QED) is 0.850. The van der Waals surface area contributed by atoms with Gasteiger partial charge in [-0.3, -0.25) is 0 Å². The third-order valence-electron chi connectivity index (χ3n) is 2.74. The SMILES string of the molecule is CCOc1ccc2c(O)c(CC)ccc2c1. The zero-order valence-corrected chi connectivity index (χ0v) is 9.66. The largest absolute Gasteiger partial charge is 0.507 e. The lowest BCUT2D eigenvalue weighted by Gasteiger charge is -2.08. The van der Waals surface area contributed by atoms with Gasteiger partial charge in [0.25, 0.3) is 0 Å². The fraction of sp³-hybridized carbons (Fsp3) is 0.286. The molecule has 0 saturated heterocycles.